The van der Waals surface area contributed by atoms with Crippen molar-refractivity contribution >= 4 is 16.3 Å². The van der Waals surface area contributed by atoms with Crippen LogP contribution in [0.15, 0.2) is 0 Å². The molecule has 0 heterocycles. The van der Waals surface area contributed by atoms with Crippen LogP contribution in [0.2, 0.25) is 5.26 Å². The van der Waals surface area contributed by atoms with Crippen LogP contribution in [0.4, 0.5) is 0 Å². The molecule has 1 heteroatoms. The average molecular weight is 72.1 g/mol. The second-order valence-electron chi connectivity index (χ2n) is 0.644. The lowest BCUT2D eigenvalue weighted by molar-refractivity contribution is 1.08. The molecule has 0 bridgehead atoms. The first-order valence-electron chi connectivity index (χ1n) is 2.03. The minimum absolute atomic E-state index is 0.0509. The fourth-order valence-electron chi connectivity index (χ4n) is 0. The highest BCUT2D eigenvalue weighted by atomic mass is 27.0. The van der Waals surface area contributed by atoms with E-state index in [1.54, 1.807) is 0 Å². The van der Waals surface area contributed by atoms with Crippen molar-refractivity contribution in [1.82, 2.24) is 0 Å². The van der Waals surface area contributed by atoms with Crippen LogP contribution >= 0.6 is 0 Å². The molecule has 0 aliphatic carbocycles. The van der Waals surface area contributed by atoms with E-state index >= 15 is 0 Å². The van der Waals surface area contributed by atoms with E-state index in [0.717, 1.165) is 6.42 Å². The normalized spacial score (nSPS) is 18.8. The second-order valence-corrected chi connectivity index (χ2v) is 1.12. The quantitative estimate of drug-likeness (QED) is 0.405. The molecule has 4 heavy (non-hydrogen) atoms. The number of rotatable bonds is 1. The van der Waals surface area contributed by atoms with Crippen molar-refractivity contribution in [2.24, 2.45) is 0 Å². The molecule has 2 radical (unpaired) electrons. The van der Waals surface area contributed by atoms with Gasteiger partial charge < -0.3 is 0 Å². The molecule has 0 N–H and O–H groups in total. The summed E-state index contributed by atoms with van der Waals surface area (Å²) >= 11 is 2.40. The smallest absolute Gasteiger partial charge is 0.118 e. The topological polar surface area (TPSA) is 0 Å². The summed E-state index contributed by atoms with van der Waals surface area (Å²) in [6.07, 6.45) is 0.935. The van der Waals surface area contributed by atoms with E-state index in [-0.39, 0.29) is 5.26 Å². The van der Waals surface area contributed by atoms with Gasteiger partial charge in [-0.15, -0.1) is 5.26 Å². The molecule has 0 aromatic rings. The van der Waals surface area contributed by atoms with Crippen LogP contribution in [0.5, 0.6) is 0 Å². The largest absolute Gasteiger partial charge is 0.118 e. The van der Waals surface area contributed by atoms with Gasteiger partial charge in [-0.25, -0.2) is 0 Å². The molecule has 0 aliphatic rings. The predicted octanol–water partition coefficient (Wildman–Crippen LogP) is 0.983. The standard InChI is InChI=1S/C3H7.Al/c1-3-2;/h1,3H2,2H3;/i1T;. The fraction of sp³-hybridized carbons (Fsp3) is 1.00. The van der Waals surface area contributed by atoms with Crippen LogP contribution in [0, 0.1) is 0 Å². The van der Waals surface area contributed by atoms with Gasteiger partial charge in [0, 0.05) is 1.37 Å². The maximum atomic E-state index is 6.79. The Kier molecular flexibility index (Phi) is 2.43. The summed E-state index contributed by atoms with van der Waals surface area (Å²) in [6, 6.07) is 0. The Balaban J connectivity index is 2.54. The first kappa shape index (κ1) is 2.75. The monoisotopic (exact) mass is 72.0 g/mol. The Morgan fingerprint density at radius 3 is 2.50 bits per heavy atom. The average Bonchev–Trinajstić information content (AvgIpc) is 1.38. The van der Waals surface area contributed by atoms with E-state index in [4.69, 9.17) is 1.37 Å². The van der Waals surface area contributed by atoms with Crippen LogP contribution in [0.25, 0.3) is 0 Å². The lowest BCUT2D eigenvalue weighted by Gasteiger charge is -1.68. The van der Waals surface area contributed by atoms with Crippen molar-refractivity contribution in [1.29, 1.82) is 0 Å². The van der Waals surface area contributed by atoms with E-state index in [1.165, 1.54) is 0 Å². The van der Waals surface area contributed by atoms with Crippen LogP contribution in [0.3, 0.4) is 0 Å². The maximum absolute atomic E-state index is 6.79. The third-order valence-electron chi connectivity index (χ3n) is 0.236. The van der Waals surface area contributed by atoms with E-state index in [0.29, 0.717) is 0 Å². The molecule has 1 atom stereocenters. The molecule has 0 aromatic carbocycles. The summed E-state index contributed by atoms with van der Waals surface area (Å²) in [6.45, 7) is 1.99. The summed E-state index contributed by atoms with van der Waals surface area (Å²) in [4.78, 5) is 0. The lowest BCUT2D eigenvalue weighted by Crippen LogP contribution is -1.55. The van der Waals surface area contributed by atoms with Gasteiger partial charge in [0.2, 0.25) is 0 Å². The maximum Gasteiger partial charge on any atom is 0.118 e. The van der Waals surface area contributed by atoms with Gasteiger partial charge in [-0.1, -0.05) is 13.3 Å². The van der Waals surface area contributed by atoms with Crippen molar-refractivity contribution in [3.63, 3.8) is 0 Å². The van der Waals surface area contributed by atoms with Gasteiger partial charge in [-0.2, -0.15) is 0 Å². The van der Waals surface area contributed by atoms with Gasteiger partial charge in [0.15, 0.2) is 0 Å². The minimum atomic E-state index is 0.0509. The van der Waals surface area contributed by atoms with Gasteiger partial charge in [0.1, 0.15) is 16.3 Å². The summed E-state index contributed by atoms with van der Waals surface area (Å²) in [5.74, 6) is 0. The molecule has 0 aromatic heterocycles. The van der Waals surface area contributed by atoms with Gasteiger partial charge in [-0.05, 0) is 0 Å². The van der Waals surface area contributed by atoms with Crippen LogP contribution in [-0.2, 0) is 0 Å². The van der Waals surface area contributed by atoms with Crippen molar-refractivity contribution < 1.29 is 1.37 Å². The van der Waals surface area contributed by atoms with Crippen molar-refractivity contribution in [3.05, 3.63) is 0 Å². The fourth-order valence-corrected chi connectivity index (χ4v) is 0. The number of hydrogen-bond acceptors (Lipinski definition) is 0. The molecule has 0 saturated carbocycles. The van der Waals surface area contributed by atoms with Crippen LogP contribution in [-0.4, -0.2) is 16.3 Å². The molecule has 0 nitrogen and oxygen atoms in total. The van der Waals surface area contributed by atoms with E-state index in [2.05, 4.69) is 16.3 Å². The molecule has 0 fully saturated rings. The molecular formula is C3H7Al. The zero-order valence-electron chi connectivity index (χ0n) is 3.86. The van der Waals surface area contributed by atoms with Crippen molar-refractivity contribution in [2.45, 2.75) is 18.6 Å². The molecule has 0 spiro atoms. The van der Waals surface area contributed by atoms with Crippen LogP contribution < -0.4 is 0 Å². The summed E-state index contributed by atoms with van der Waals surface area (Å²) < 4.78 is 6.79. The Hall–Kier alpha value is 0.532. The highest BCUT2D eigenvalue weighted by molar-refractivity contribution is 6.08. The zero-order valence-corrected chi connectivity index (χ0v) is 4.02. The molecule has 0 aliphatic heterocycles. The first-order valence-corrected chi connectivity index (χ1v) is 2.12. The van der Waals surface area contributed by atoms with Gasteiger partial charge in [-0.3, -0.25) is 0 Å². The molecule has 0 saturated heterocycles. The summed E-state index contributed by atoms with van der Waals surface area (Å²) in [5, 5.41) is 0.0509. The van der Waals surface area contributed by atoms with Gasteiger partial charge >= 0.3 is 0 Å². The zero-order chi connectivity index (χ0) is 4.28. The van der Waals surface area contributed by atoms with Gasteiger partial charge in [0.25, 0.3) is 0 Å². The highest BCUT2D eigenvalue weighted by Crippen LogP contribution is 1.73. The molecular weight excluding hydrogens is 63.0 g/mol. The summed E-state index contributed by atoms with van der Waals surface area (Å²) in [7, 11) is 0. The SMILES string of the molecule is [3H][CH]([Al])CC. The predicted molar refractivity (Wildman–Crippen MR) is 20.9 cm³/mol. The third kappa shape index (κ3) is 2.53. The van der Waals surface area contributed by atoms with Crippen molar-refractivity contribution in [2.75, 3.05) is 0 Å². The highest BCUT2D eigenvalue weighted by Gasteiger charge is 1.56. The third-order valence-corrected chi connectivity index (χ3v) is 0.707. The Morgan fingerprint density at radius 1 is 2.25 bits per heavy atom. The lowest BCUT2D eigenvalue weighted by atomic mass is 10.6. The van der Waals surface area contributed by atoms with Crippen LogP contribution in [0.1, 0.15) is 14.7 Å². The second kappa shape index (κ2) is 3.53. The number of hydrogen-bond donors (Lipinski definition) is 0. The summed E-state index contributed by atoms with van der Waals surface area (Å²) in [5.41, 5.74) is 0. The van der Waals surface area contributed by atoms with E-state index < -0.39 is 0 Å². The minimum Gasteiger partial charge on any atom is -0.118 e. The van der Waals surface area contributed by atoms with E-state index in [1.807, 2.05) is 6.92 Å². The first-order chi connectivity index (χ1) is 2.27. The molecule has 1 unspecified atom stereocenters. The van der Waals surface area contributed by atoms with Gasteiger partial charge in [0.05, 0.1) is 0 Å². The molecule has 0 rings (SSSR count). The molecule has 0 amide bonds. The molecule has 22 valence electrons. The Labute approximate surface area is 37.0 Å². The van der Waals surface area contributed by atoms with E-state index in [9.17, 15) is 0 Å². The van der Waals surface area contributed by atoms with Crippen molar-refractivity contribution in [3.8, 4) is 0 Å². The Morgan fingerprint density at radius 2 is 2.50 bits per heavy atom. The Bertz CT molecular complexity index is 20.9.